The van der Waals surface area contributed by atoms with Crippen molar-refractivity contribution in [3.8, 4) is 11.1 Å². The number of hydrogen-bond acceptors (Lipinski definition) is 6. The number of anilines is 1. The van der Waals surface area contributed by atoms with E-state index >= 15 is 0 Å². The smallest absolute Gasteiger partial charge is 0.316 e. The molecular weight excluding hydrogens is 600 g/mol. The van der Waals surface area contributed by atoms with Crippen molar-refractivity contribution in [2.24, 2.45) is 11.8 Å². The molecular formula is C41H48N2O5. The second-order valence-corrected chi connectivity index (χ2v) is 11.9. The standard InChI is InChI=1S/C39H42N2O5.C2H6/c1-40-22-10-9-13-29(38(44)41-30-20-18-28(25-42)19-21-30)24-37(43)35(23-27-11-3-2-4-12-27)39(45)46-26-36-33-16-7-5-14-31(33)32-15-6-8-17-34(32)36;1-2/h2-8,11-12,14-21,29,35-36,40,42H,9-10,13,22-26H2,1H3,(H,41,44);1-2H3/t29-,35+;/m1./s1. The molecule has 48 heavy (non-hydrogen) atoms. The number of esters is 1. The molecule has 7 heteroatoms. The molecule has 252 valence electrons. The van der Waals surface area contributed by atoms with Gasteiger partial charge < -0.3 is 20.5 Å². The number of benzene rings is 4. The summed E-state index contributed by atoms with van der Waals surface area (Å²) >= 11 is 0. The van der Waals surface area contributed by atoms with E-state index in [0.717, 1.165) is 52.8 Å². The molecule has 0 fully saturated rings. The largest absolute Gasteiger partial charge is 0.464 e. The van der Waals surface area contributed by atoms with Crippen molar-refractivity contribution >= 4 is 23.3 Å². The quantitative estimate of drug-likeness (QED) is 0.0668. The lowest BCUT2D eigenvalue weighted by molar-refractivity contribution is -0.152. The summed E-state index contributed by atoms with van der Waals surface area (Å²) in [4.78, 5) is 41.3. The van der Waals surface area contributed by atoms with E-state index in [2.05, 4.69) is 34.9 Å². The van der Waals surface area contributed by atoms with E-state index in [9.17, 15) is 19.5 Å². The van der Waals surface area contributed by atoms with E-state index in [1.807, 2.05) is 75.5 Å². The Balaban J connectivity index is 0.00000255. The minimum absolute atomic E-state index is 0.0677. The number of hydrogen-bond donors (Lipinski definition) is 3. The van der Waals surface area contributed by atoms with Crippen molar-refractivity contribution < 1.29 is 24.2 Å². The molecule has 0 unspecified atom stereocenters. The lowest BCUT2D eigenvalue weighted by atomic mass is 9.87. The van der Waals surface area contributed by atoms with Crippen molar-refractivity contribution in [1.29, 1.82) is 0 Å². The Bertz CT molecular complexity index is 1570. The van der Waals surface area contributed by atoms with Crippen LogP contribution in [0.1, 0.15) is 67.7 Å². The number of aliphatic hydroxyl groups excluding tert-OH is 1. The van der Waals surface area contributed by atoms with Crippen LogP contribution in [0.3, 0.4) is 0 Å². The fraction of sp³-hybridized carbons (Fsp3) is 0.341. The zero-order chi connectivity index (χ0) is 34.3. The number of Topliss-reactive ketones (excluding diaryl/α,β-unsaturated/α-hetero) is 1. The Morgan fingerprint density at radius 1 is 0.771 bits per heavy atom. The summed E-state index contributed by atoms with van der Waals surface area (Å²) in [6.45, 7) is 4.85. The van der Waals surface area contributed by atoms with Gasteiger partial charge in [0.05, 0.1) is 6.61 Å². The molecule has 5 rings (SSSR count). The van der Waals surface area contributed by atoms with Crippen LogP contribution in [0.2, 0.25) is 0 Å². The van der Waals surface area contributed by atoms with Crippen LogP contribution in [0.25, 0.3) is 11.1 Å². The van der Waals surface area contributed by atoms with Gasteiger partial charge >= 0.3 is 5.97 Å². The SMILES string of the molecule is CC.CNCCCC[C@H](CC(=O)[C@H](Cc1ccccc1)C(=O)OCC1c2ccccc2-c2ccccc21)C(=O)Nc1ccc(CO)cc1. The van der Waals surface area contributed by atoms with Crippen LogP contribution in [-0.4, -0.2) is 43.0 Å². The fourth-order valence-electron chi connectivity index (χ4n) is 6.23. The molecule has 0 radical (unpaired) electrons. The van der Waals surface area contributed by atoms with Gasteiger partial charge in [0.15, 0.2) is 0 Å². The Morgan fingerprint density at radius 2 is 1.38 bits per heavy atom. The lowest BCUT2D eigenvalue weighted by Crippen LogP contribution is -2.33. The predicted molar refractivity (Wildman–Crippen MR) is 192 cm³/mol. The molecule has 7 nitrogen and oxygen atoms in total. The molecule has 0 saturated carbocycles. The highest BCUT2D eigenvalue weighted by Crippen LogP contribution is 2.44. The summed E-state index contributed by atoms with van der Waals surface area (Å²) < 4.78 is 5.98. The molecule has 0 saturated heterocycles. The Kier molecular flexibility index (Phi) is 14.1. The average Bonchev–Trinajstić information content (AvgIpc) is 3.45. The second-order valence-electron chi connectivity index (χ2n) is 11.9. The van der Waals surface area contributed by atoms with Gasteiger partial charge in [0.2, 0.25) is 5.91 Å². The monoisotopic (exact) mass is 648 g/mol. The highest BCUT2D eigenvalue weighted by Gasteiger charge is 2.34. The number of rotatable bonds is 16. The number of fused-ring (bicyclic) bond motifs is 3. The predicted octanol–water partition coefficient (Wildman–Crippen LogP) is 7.32. The Morgan fingerprint density at radius 3 is 1.98 bits per heavy atom. The summed E-state index contributed by atoms with van der Waals surface area (Å²) in [5.74, 6) is -2.89. The number of unbranched alkanes of at least 4 members (excludes halogenated alkanes) is 1. The van der Waals surface area contributed by atoms with Gasteiger partial charge in [0.1, 0.15) is 18.3 Å². The maximum absolute atomic E-state index is 14.0. The van der Waals surface area contributed by atoms with Crippen LogP contribution in [0.4, 0.5) is 5.69 Å². The van der Waals surface area contributed by atoms with Crippen LogP contribution >= 0.6 is 0 Å². The topological polar surface area (TPSA) is 105 Å². The number of ketones is 1. The van der Waals surface area contributed by atoms with Crippen LogP contribution in [0.5, 0.6) is 0 Å². The van der Waals surface area contributed by atoms with Gasteiger partial charge in [-0.05, 0) is 78.4 Å². The first kappa shape index (κ1) is 36.2. The normalized spacial score (nSPS) is 12.9. The van der Waals surface area contributed by atoms with E-state index in [1.54, 1.807) is 24.3 Å². The number of aliphatic hydroxyl groups is 1. The summed E-state index contributed by atoms with van der Waals surface area (Å²) in [5, 5.41) is 15.4. The first-order chi connectivity index (χ1) is 23.5. The Labute approximate surface area is 284 Å². The summed E-state index contributed by atoms with van der Waals surface area (Å²) in [6, 6.07) is 32.7. The van der Waals surface area contributed by atoms with Gasteiger partial charge in [0, 0.05) is 23.9 Å². The van der Waals surface area contributed by atoms with Crippen LogP contribution in [0.15, 0.2) is 103 Å². The van der Waals surface area contributed by atoms with E-state index in [4.69, 9.17) is 4.74 Å². The number of nitrogens with one attached hydrogen (secondary N) is 2. The molecule has 4 aromatic rings. The van der Waals surface area contributed by atoms with Crippen LogP contribution in [0, 0.1) is 11.8 Å². The van der Waals surface area contributed by atoms with Gasteiger partial charge in [-0.3, -0.25) is 14.4 Å². The number of carbonyl (C=O) groups excluding carboxylic acids is 3. The number of ether oxygens (including phenoxy) is 1. The van der Waals surface area contributed by atoms with Crippen molar-refractivity contribution in [2.75, 3.05) is 25.5 Å². The molecule has 2 atom stereocenters. The summed E-state index contributed by atoms with van der Waals surface area (Å²) in [7, 11) is 1.88. The maximum Gasteiger partial charge on any atom is 0.316 e. The van der Waals surface area contributed by atoms with E-state index < -0.39 is 17.8 Å². The van der Waals surface area contributed by atoms with Gasteiger partial charge in [-0.25, -0.2) is 0 Å². The molecule has 4 aromatic carbocycles. The number of amides is 1. The average molecular weight is 649 g/mol. The third kappa shape index (κ3) is 9.49. The molecule has 0 aliphatic heterocycles. The van der Waals surface area contributed by atoms with Crippen molar-refractivity contribution in [3.63, 3.8) is 0 Å². The zero-order valence-corrected chi connectivity index (χ0v) is 28.3. The molecule has 0 spiro atoms. The summed E-state index contributed by atoms with van der Waals surface area (Å²) in [5.41, 5.74) is 6.66. The second kappa shape index (κ2) is 18.7. The third-order valence-corrected chi connectivity index (χ3v) is 8.76. The molecule has 0 aromatic heterocycles. The Hall–Kier alpha value is -4.59. The third-order valence-electron chi connectivity index (χ3n) is 8.76. The minimum atomic E-state index is -1.04. The molecule has 1 aliphatic carbocycles. The van der Waals surface area contributed by atoms with Gasteiger partial charge in [-0.2, -0.15) is 0 Å². The van der Waals surface area contributed by atoms with Gasteiger partial charge in [-0.1, -0.05) is 111 Å². The summed E-state index contributed by atoms with van der Waals surface area (Å²) in [6.07, 6.45) is 2.26. The molecule has 0 heterocycles. The van der Waals surface area contributed by atoms with Crippen molar-refractivity contribution in [2.45, 2.75) is 58.5 Å². The van der Waals surface area contributed by atoms with Crippen LogP contribution < -0.4 is 10.6 Å². The van der Waals surface area contributed by atoms with E-state index in [1.165, 1.54) is 0 Å². The number of carbonyl (C=O) groups is 3. The van der Waals surface area contributed by atoms with Crippen molar-refractivity contribution in [3.05, 3.63) is 125 Å². The van der Waals surface area contributed by atoms with E-state index in [-0.39, 0.29) is 43.7 Å². The first-order valence-electron chi connectivity index (χ1n) is 17.0. The minimum Gasteiger partial charge on any atom is -0.464 e. The molecule has 0 bridgehead atoms. The first-order valence-corrected chi connectivity index (χ1v) is 17.0. The zero-order valence-electron chi connectivity index (χ0n) is 28.3. The highest BCUT2D eigenvalue weighted by atomic mass is 16.5. The molecule has 1 amide bonds. The van der Waals surface area contributed by atoms with Crippen molar-refractivity contribution in [1.82, 2.24) is 5.32 Å². The van der Waals surface area contributed by atoms with Crippen LogP contribution in [-0.2, 0) is 32.1 Å². The fourth-order valence-corrected chi connectivity index (χ4v) is 6.23. The lowest BCUT2D eigenvalue weighted by Gasteiger charge is -2.21. The highest BCUT2D eigenvalue weighted by molar-refractivity contribution is 6.02. The van der Waals surface area contributed by atoms with Gasteiger partial charge in [0.25, 0.3) is 0 Å². The maximum atomic E-state index is 14.0. The van der Waals surface area contributed by atoms with Gasteiger partial charge in [-0.15, -0.1) is 0 Å². The molecule has 1 aliphatic rings. The van der Waals surface area contributed by atoms with E-state index in [0.29, 0.717) is 12.1 Å². The molecule has 3 N–H and O–H groups in total.